The summed E-state index contributed by atoms with van der Waals surface area (Å²) in [7, 11) is 0. The van der Waals surface area contributed by atoms with Crippen molar-refractivity contribution in [1.29, 1.82) is 0 Å². The molecule has 1 unspecified atom stereocenters. The van der Waals surface area contributed by atoms with Gasteiger partial charge in [-0.2, -0.15) is 13.2 Å². The first kappa shape index (κ1) is 24.2. The summed E-state index contributed by atoms with van der Waals surface area (Å²) in [6.45, 7) is 3.86. The molecule has 0 saturated carbocycles. The topological polar surface area (TPSA) is 73.7 Å². The quantitative estimate of drug-likeness (QED) is 0.722. The van der Waals surface area contributed by atoms with E-state index in [1.807, 2.05) is 17.6 Å². The third-order valence-corrected chi connectivity index (χ3v) is 6.72. The highest BCUT2D eigenvalue weighted by molar-refractivity contribution is 7.09. The third-order valence-electron chi connectivity index (χ3n) is 5.96. The largest absolute Gasteiger partial charge is 0.490 e. The average Bonchev–Trinajstić information content (AvgIpc) is 3.30. The molecule has 3 heterocycles. The number of amides is 1. The molecule has 1 amide bonds. The maximum atomic E-state index is 12.6. The molecule has 4 rings (SSSR count). The van der Waals surface area contributed by atoms with E-state index in [1.54, 1.807) is 11.3 Å². The number of hydrogen-bond donors (Lipinski definition) is 1. The van der Waals surface area contributed by atoms with Crippen molar-refractivity contribution in [2.45, 2.75) is 56.9 Å². The second kappa shape index (κ2) is 10.4. The zero-order valence-corrected chi connectivity index (χ0v) is 18.4. The van der Waals surface area contributed by atoms with Gasteiger partial charge in [-0.05, 0) is 37.8 Å². The van der Waals surface area contributed by atoms with Gasteiger partial charge in [-0.15, -0.1) is 11.3 Å². The minimum Gasteiger partial charge on any atom is -0.475 e. The van der Waals surface area contributed by atoms with E-state index in [9.17, 15) is 18.0 Å². The van der Waals surface area contributed by atoms with Crippen molar-refractivity contribution >= 4 is 23.2 Å². The van der Waals surface area contributed by atoms with Crippen LogP contribution in [0, 0.1) is 0 Å². The van der Waals surface area contributed by atoms with Crippen LogP contribution in [0.5, 0.6) is 0 Å². The number of alkyl halides is 3. The molecule has 2 fully saturated rings. The van der Waals surface area contributed by atoms with Crippen LogP contribution in [-0.2, 0) is 22.7 Å². The predicted molar refractivity (Wildman–Crippen MR) is 114 cm³/mol. The first-order chi connectivity index (χ1) is 15.2. The van der Waals surface area contributed by atoms with E-state index in [1.165, 1.54) is 10.6 Å². The summed E-state index contributed by atoms with van der Waals surface area (Å²) in [5.41, 5.74) is 1.30. The molecule has 0 radical (unpaired) electrons. The summed E-state index contributed by atoms with van der Waals surface area (Å²) < 4.78 is 31.7. The Hall–Kier alpha value is -2.46. The van der Waals surface area contributed by atoms with Crippen molar-refractivity contribution in [3.8, 4) is 0 Å². The van der Waals surface area contributed by atoms with Crippen molar-refractivity contribution in [1.82, 2.24) is 14.8 Å². The molecule has 10 heteroatoms. The fourth-order valence-corrected chi connectivity index (χ4v) is 4.99. The minimum absolute atomic E-state index is 0.0601. The molecule has 32 heavy (non-hydrogen) atoms. The number of carboxylic acids is 1. The van der Waals surface area contributed by atoms with Crippen LogP contribution < -0.4 is 0 Å². The Morgan fingerprint density at radius 2 is 1.84 bits per heavy atom. The Balaban J connectivity index is 0.000000360. The smallest absolute Gasteiger partial charge is 0.475 e. The van der Waals surface area contributed by atoms with Gasteiger partial charge in [0.05, 0.1) is 6.54 Å². The molecule has 0 aliphatic carbocycles. The molecule has 1 spiro atoms. The fraction of sp³-hybridized carbons (Fsp3) is 0.500. The van der Waals surface area contributed by atoms with Gasteiger partial charge in [0.2, 0.25) is 5.91 Å². The van der Waals surface area contributed by atoms with Gasteiger partial charge in [0.25, 0.3) is 0 Å². The Kier molecular flexibility index (Phi) is 7.89. The van der Waals surface area contributed by atoms with Crippen molar-refractivity contribution < 1.29 is 27.9 Å². The van der Waals surface area contributed by atoms with Gasteiger partial charge in [-0.1, -0.05) is 30.3 Å². The summed E-state index contributed by atoms with van der Waals surface area (Å²) in [4.78, 5) is 30.6. The number of likely N-dealkylation sites (tertiary alicyclic amines) is 2. The molecule has 1 atom stereocenters. The van der Waals surface area contributed by atoms with Gasteiger partial charge in [0, 0.05) is 36.6 Å². The van der Waals surface area contributed by atoms with E-state index in [4.69, 9.17) is 9.90 Å². The van der Waals surface area contributed by atoms with Crippen LogP contribution in [0.4, 0.5) is 13.2 Å². The number of nitrogens with zero attached hydrogens (tertiary/aromatic N) is 3. The normalized spacial score (nSPS) is 21.8. The number of carbonyl (C=O) groups excluding carboxylic acids is 1. The number of thiazole rings is 1. The highest BCUT2D eigenvalue weighted by atomic mass is 32.1. The molecule has 1 N–H and O–H groups in total. The number of aliphatic carboxylic acids is 1. The standard InChI is InChI=1S/C20H25N3OS.C2HF3O2/c24-19-7-9-20(23(19)15-17-5-2-1-3-6-17)8-4-12-22(13-10-20)16-18-21-11-14-25-18;3-2(4,5)1(6)7/h1-3,5-6,11,14H,4,7-10,12-13,15-16H2;(H,6,7). The lowest BCUT2D eigenvalue weighted by molar-refractivity contribution is -0.192. The Morgan fingerprint density at radius 1 is 1.12 bits per heavy atom. The van der Waals surface area contributed by atoms with Crippen LogP contribution in [0.25, 0.3) is 0 Å². The molecular formula is C22H26F3N3O3S. The molecule has 6 nitrogen and oxygen atoms in total. The van der Waals surface area contributed by atoms with Crippen LogP contribution in [0.1, 0.15) is 42.7 Å². The lowest BCUT2D eigenvalue weighted by atomic mass is 9.87. The van der Waals surface area contributed by atoms with Crippen LogP contribution in [0.15, 0.2) is 41.9 Å². The van der Waals surface area contributed by atoms with Crippen LogP contribution >= 0.6 is 11.3 Å². The highest BCUT2D eigenvalue weighted by Crippen LogP contribution is 2.40. The lowest BCUT2D eigenvalue weighted by Gasteiger charge is -2.38. The van der Waals surface area contributed by atoms with E-state index >= 15 is 0 Å². The Bertz CT molecular complexity index is 893. The van der Waals surface area contributed by atoms with E-state index in [2.05, 4.69) is 39.0 Å². The maximum absolute atomic E-state index is 12.6. The zero-order chi connectivity index (χ0) is 23.2. The van der Waals surface area contributed by atoms with Crippen molar-refractivity contribution in [2.24, 2.45) is 0 Å². The Morgan fingerprint density at radius 3 is 2.47 bits per heavy atom. The molecule has 2 aliphatic heterocycles. The molecule has 0 bridgehead atoms. The van der Waals surface area contributed by atoms with Crippen LogP contribution in [-0.4, -0.2) is 56.6 Å². The van der Waals surface area contributed by atoms with Crippen molar-refractivity contribution in [3.05, 3.63) is 52.5 Å². The van der Waals surface area contributed by atoms with Crippen LogP contribution in [0.2, 0.25) is 0 Å². The molecule has 2 aromatic rings. The molecule has 1 aromatic heterocycles. The average molecular weight is 470 g/mol. The van der Waals surface area contributed by atoms with E-state index in [0.717, 1.165) is 51.9 Å². The van der Waals surface area contributed by atoms with Gasteiger partial charge in [0.15, 0.2) is 0 Å². The van der Waals surface area contributed by atoms with Crippen molar-refractivity contribution in [3.63, 3.8) is 0 Å². The number of hydrogen-bond acceptors (Lipinski definition) is 5. The van der Waals surface area contributed by atoms with Gasteiger partial charge in [-0.25, -0.2) is 9.78 Å². The maximum Gasteiger partial charge on any atom is 0.490 e. The van der Waals surface area contributed by atoms with E-state index in [-0.39, 0.29) is 5.54 Å². The summed E-state index contributed by atoms with van der Waals surface area (Å²) in [5.74, 6) is -2.43. The number of carboxylic acid groups (broad SMARTS) is 1. The number of halogens is 3. The summed E-state index contributed by atoms with van der Waals surface area (Å²) in [5, 5.41) is 10.4. The molecular weight excluding hydrogens is 443 g/mol. The molecule has 174 valence electrons. The number of benzene rings is 1. The molecule has 2 aliphatic rings. The molecule has 1 aromatic carbocycles. The first-order valence-electron chi connectivity index (χ1n) is 10.4. The Labute approximate surface area is 188 Å². The minimum atomic E-state index is -5.08. The number of carbonyl (C=O) groups is 2. The van der Waals surface area contributed by atoms with Gasteiger partial charge < -0.3 is 10.0 Å². The predicted octanol–water partition coefficient (Wildman–Crippen LogP) is 4.32. The van der Waals surface area contributed by atoms with E-state index < -0.39 is 12.1 Å². The zero-order valence-electron chi connectivity index (χ0n) is 17.6. The monoisotopic (exact) mass is 469 g/mol. The third kappa shape index (κ3) is 6.29. The second-order valence-electron chi connectivity index (χ2n) is 8.05. The van der Waals surface area contributed by atoms with E-state index in [0.29, 0.717) is 12.3 Å². The first-order valence-corrected chi connectivity index (χ1v) is 11.3. The van der Waals surface area contributed by atoms with Gasteiger partial charge in [-0.3, -0.25) is 9.69 Å². The number of rotatable bonds is 4. The lowest BCUT2D eigenvalue weighted by Crippen LogP contribution is -2.45. The van der Waals surface area contributed by atoms with Crippen LogP contribution in [0.3, 0.4) is 0 Å². The summed E-state index contributed by atoms with van der Waals surface area (Å²) in [6.07, 6.45) is 1.89. The highest BCUT2D eigenvalue weighted by Gasteiger charge is 2.45. The SMILES string of the molecule is O=C(O)C(F)(F)F.O=C1CCC2(CCCN(Cc3nccs3)CC2)N1Cc1ccccc1. The van der Waals surface area contributed by atoms with Gasteiger partial charge in [0.1, 0.15) is 5.01 Å². The fourth-order valence-electron chi connectivity index (χ4n) is 4.33. The molecule has 2 saturated heterocycles. The summed E-state index contributed by atoms with van der Waals surface area (Å²) >= 11 is 1.73. The van der Waals surface area contributed by atoms with Crippen molar-refractivity contribution in [2.75, 3.05) is 13.1 Å². The second-order valence-corrected chi connectivity index (χ2v) is 9.03. The number of aromatic nitrogens is 1. The van der Waals surface area contributed by atoms with Gasteiger partial charge >= 0.3 is 12.1 Å². The summed E-state index contributed by atoms with van der Waals surface area (Å²) in [6, 6.07) is 10.4.